The van der Waals surface area contributed by atoms with Gasteiger partial charge in [-0.25, -0.2) is 4.79 Å². The van der Waals surface area contributed by atoms with Gasteiger partial charge in [-0.15, -0.1) is 0 Å². The third-order valence-corrected chi connectivity index (χ3v) is 6.61. The molecule has 0 spiro atoms. The number of esters is 1. The maximum absolute atomic E-state index is 13.4. The summed E-state index contributed by atoms with van der Waals surface area (Å²) in [7, 11) is 1.30. The zero-order valence-electron chi connectivity index (χ0n) is 20.5. The minimum Gasteiger partial charge on any atom is -0.467 e. The van der Waals surface area contributed by atoms with Crippen molar-refractivity contribution < 1.29 is 24.3 Å². The van der Waals surface area contributed by atoms with E-state index < -0.39 is 29.7 Å². The molecule has 2 aromatic carbocycles. The normalized spacial score (nSPS) is 16.0. The quantitative estimate of drug-likeness (QED) is 0.0998. The summed E-state index contributed by atoms with van der Waals surface area (Å²) in [5.74, 6) is -2.60. The summed E-state index contributed by atoms with van der Waals surface area (Å²) >= 11 is 0. The molecule has 0 aliphatic heterocycles. The second kappa shape index (κ2) is 13.3. The van der Waals surface area contributed by atoms with Gasteiger partial charge < -0.3 is 26.3 Å². The van der Waals surface area contributed by atoms with E-state index in [1.807, 2.05) is 30.3 Å². The summed E-state index contributed by atoms with van der Waals surface area (Å²) in [6.07, 6.45) is 4.83. The maximum atomic E-state index is 13.4. The van der Waals surface area contributed by atoms with Crippen LogP contribution in [-0.2, 0) is 32.1 Å². The summed E-state index contributed by atoms with van der Waals surface area (Å²) in [6, 6.07) is 15.4. The lowest BCUT2D eigenvalue weighted by molar-refractivity contribution is -0.148. The van der Waals surface area contributed by atoms with E-state index in [1.54, 1.807) is 24.3 Å². The number of benzene rings is 2. The van der Waals surface area contributed by atoms with Crippen LogP contribution < -0.4 is 16.4 Å². The number of nitrogens with zero attached hydrogens (tertiary/aromatic N) is 1. The Balaban J connectivity index is 1.79. The second-order valence-electron chi connectivity index (χ2n) is 9.05. The molecule has 9 nitrogen and oxygen atoms in total. The topological polar surface area (TPSA) is 143 Å². The number of carbonyl (C=O) groups is 3. The van der Waals surface area contributed by atoms with Gasteiger partial charge >= 0.3 is 5.97 Å². The van der Waals surface area contributed by atoms with E-state index in [2.05, 4.69) is 15.8 Å². The molecule has 9 heteroatoms. The molecule has 36 heavy (non-hydrogen) atoms. The monoisotopic (exact) mass is 494 g/mol. The predicted molar refractivity (Wildman–Crippen MR) is 135 cm³/mol. The van der Waals surface area contributed by atoms with Gasteiger partial charge in [-0.1, -0.05) is 79.0 Å². The van der Waals surface area contributed by atoms with Gasteiger partial charge in [0, 0.05) is 12.1 Å². The van der Waals surface area contributed by atoms with Crippen LogP contribution in [0.5, 0.6) is 0 Å². The van der Waals surface area contributed by atoms with Crippen LogP contribution in [0.15, 0.2) is 59.8 Å². The molecule has 3 rings (SSSR count). The first-order valence-corrected chi connectivity index (χ1v) is 12.2. The number of nitrogens with two attached hydrogens (primary N) is 1. The van der Waals surface area contributed by atoms with Crippen LogP contribution in [-0.4, -0.2) is 42.0 Å². The summed E-state index contributed by atoms with van der Waals surface area (Å²) in [6.45, 7) is 0.273. The lowest BCUT2D eigenvalue weighted by Gasteiger charge is -2.30. The molecule has 0 aromatic heterocycles. The summed E-state index contributed by atoms with van der Waals surface area (Å²) in [5.41, 5.74) is 7.76. The second-order valence-corrected chi connectivity index (χ2v) is 9.05. The van der Waals surface area contributed by atoms with Gasteiger partial charge in [-0.05, 0) is 36.3 Å². The molecule has 0 bridgehead atoms. The minimum absolute atomic E-state index is 0.0248. The van der Waals surface area contributed by atoms with E-state index in [-0.39, 0.29) is 24.7 Å². The predicted octanol–water partition coefficient (Wildman–Crippen LogP) is 2.49. The van der Waals surface area contributed by atoms with Crippen LogP contribution in [0.1, 0.15) is 48.8 Å². The third kappa shape index (κ3) is 7.31. The molecule has 0 radical (unpaired) electrons. The highest BCUT2D eigenvalue weighted by atomic mass is 16.5. The van der Waals surface area contributed by atoms with E-state index in [0.29, 0.717) is 11.1 Å². The zero-order valence-corrected chi connectivity index (χ0v) is 20.5. The van der Waals surface area contributed by atoms with E-state index in [4.69, 9.17) is 15.7 Å². The number of hydrogen-bond acceptors (Lipinski definition) is 6. The Bertz CT molecular complexity index is 1050. The van der Waals surface area contributed by atoms with Gasteiger partial charge in [0.2, 0.25) is 11.8 Å². The molecule has 2 aromatic rings. The average molecular weight is 495 g/mol. The Morgan fingerprint density at radius 2 is 1.67 bits per heavy atom. The highest BCUT2D eigenvalue weighted by molar-refractivity contribution is 6.02. The first-order valence-electron chi connectivity index (χ1n) is 12.2. The zero-order chi connectivity index (χ0) is 25.9. The van der Waals surface area contributed by atoms with Crippen molar-refractivity contribution in [2.45, 2.75) is 51.1 Å². The Kier molecular flexibility index (Phi) is 9.85. The molecule has 1 fully saturated rings. The number of hydrogen-bond donors (Lipinski definition) is 4. The van der Waals surface area contributed by atoms with Crippen molar-refractivity contribution in [1.29, 1.82) is 0 Å². The van der Waals surface area contributed by atoms with Crippen molar-refractivity contribution in [1.82, 2.24) is 10.6 Å². The molecule has 1 saturated carbocycles. The van der Waals surface area contributed by atoms with Gasteiger partial charge in [-0.2, -0.15) is 0 Å². The van der Waals surface area contributed by atoms with Gasteiger partial charge in [0.05, 0.1) is 7.11 Å². The van der Waals surface area contributed by atoms with Crippen molar-refractivity contribution in [2.75, 3.05) is 7.11 Å². The number of oxime groups is 1. The highest BCUT2D eigenvalue weighted by Crippen LogP contribution is 2.27. The van der Waals surface area contributed by atoms with E-state index in [9.17, 15) is 14.4 Å². The fraction of sp³-hybridized carbons (Fsp3) is 0.407. The standard InChI is InChI=1S/C27H34N4O5/c1-36-27(34)23(20-10-6-3-7-11-20)30-26(33)22(25(32)29-17-19-8-4-2-5-9-19)16-18-12-14-21(15-13-18)24(28)31-35/h2,4-5,8-9,12-15,20,22-23,35H,3,6-7,10-11,16-17H2,1H3,(H2,28,31)(H,29,32)(H,30,33)/t22?,23-/m0/s1. The molecule has 1 unspecified atom stereocenters. The fourth-order valence-electron chi connectivity index (χ4n) is 4.54. The molecule has 5 N–H and O–H groups in total. The Morgan fingerprint density at radius 3 is 2.28 bits per heavy atom. The molecule has 2 atom stereocenters. The summed E-state index contributed by atoms with van der Waals surface area (Å²) < 4.78 is 4.98. The van der Waals surface area contributed by atoms with Gasteiger partial charge in [-0.3, -0.25) is 9.59 Å². The van der Waals surface area contributed by atoms with Gasteiger partial charge in [0.15, 0.2) is 5.84 Å². The lowest BCUT2D eigenvalue weighted by Crippen LogP contribution is -2.51. The molecular weight excluding hydrogens is 460 g/mol. The lowest BCUT2D eigenvalue weighted by atomic mass is 9.83. The number of ether oxygens (including phenoxy) is 1. The van der Waals surface area contributed by atoms with Gasteiger partial charge in [0.25, 0.3) is 0 Å². The van der Waals surface area contributed by atoms with Gasteiger partial charge in [0.1, 0.15) is 12.0 Å². The molecule has 1 aliphatic carbocycles. The molecule has 0 saturated heterocycles. The van der Waals surface area contributed by atoms with Crippen molar-refractivity contribution in [3.63, 3.8) is 0 Å². The number of amidine groups is 1. The number of carbonyl (C=O) groups excluding carboxylic acids is 3. The van der Waals surface area contributed by atoms with Crippen LogP contribution in [0, 0.1) is 11.8 Å². The molecule has 192 valence electrons. The Morgan fingerprint density at radius 1 is 1.00 bits per heavy atom. The van der Waals surface area contributed by atoms with Crippen molar-refractivity contribution in [2.24, 2.45) is 22.7 Å². The Hall–Kier alpha value is -3.88. The van der Waals surface area contributed by atoms with Crippen LogP contribution in [0.4, 0.5) is 0 Å². The number of rotatable bonds is 10. The van der Waals surface area contributed by atoms with Crippen molar-refractivity contribution >= 4 is 23.6 Å². The number of methoxy groups -OCH3 is 1. The molecule has 0 heterocycles. The van der Waals surface area contributed by atoms with Crippen LogP contribution in [0.2, 0.25) is 0 Å². The van der Waals surface area contributed by atoms with Crippen molar-refractivity contribution in [3.05, 3.63) is 71.3 Å². The Labute approximate surface area is 211 Å². The van der Waals surface area contributed by atoms with Crippen LogP contribution in [0.25, 0.3) is 0 Å². The average Bonchev–Trinajstić information content (AvgIpc) is 2.93. The fourth-order valence-corrected chi connectivity index (χ4v) is 4.54. The number of amides is 2. The van der Waals surface area contributed by atoms with E-state index in [1.165, 1.54) is 7.11 Å². The number of nitrogens with one attached hydrogen (secondary N) is 2. The minimum atomic E-state index is -1.07. The summed E-state index contributed by atoms with van der Waals surface area (Å²) in [4.78, 5) is 39.2. The smallest absolute Gasteiger partial charge is 0.328 e. The van der Waals surface area contributed by atoms with Crippen LogP contribution >= 0.6 is 0 Å². The van der Waals surface area contributed by atoms with E-state index in [0.717, 1.165) is 37.7 Å². The van der Waals surface area contributed by atoms with Crippen LogP contribution in [0.3, 0.4) is 0 Å². The van der Waals surface area contributed by atoms with Crippen molar-refractivity contribution in [3.8, 4) is 0 Å². The summed E-state index contributed by atoms with van der Waals surface area (Å²) in [5, 5.41) is 17.5. The first-order chi connectivity index (χ1) is 17.4. The first kappa shape index (κ1) is 26.7. The maximum Gasteiger partial charge on any atom is 0.328 e. The molecular formula is C27H34N4O5. The molecule has 2 amide bonds. The molecule has 1 aliphatic rings. The van der Waals surface area contributed by atoms with E-state index >= 15 is 0 Å². The third-order valence-electron chi connectivity index (χ3n) is 6.61. The highest BCUT2D eigenvalue weighted by Gasteiger charge is 2.35. The SMILES string of the molecule is COC(=O)[C@@H](NC(=O)C(Cc1ccc(C(N)=NO)cc1)C(=O)NCc1ccccc1)C1CCCCC1. The largest absolute Gasteiger partial charge is 0.467 e.